The second kappa shape index (κ2) is 7.86. The molecule has 2 aromatic rings. The molecule has 1 amide bonds. The highest BCUT2D eigenvalue weighted by Gasteiger charge is 2.32. The number of carbonyl (C=O) groups is 1. The van der Waals surface area contributed by atoms with Crippen molar-refractivity contribution >= 4 is 16.9 Å². The van der Waals surface area contributed by atoms with Crippen LogP contribution in [0.5, 0.6) is 11.5 Å². The van der Waals surface area contributed by atoms with Gasteiger partial charge < -0.3 is 23.5 Å². The van der Waals surface area contributed by atoms with Gasteiger partial charge in [-0.15, -0.1) is 0 Å². The van der Waals surface area contributed by atoms with Gasteiger partial charge in [0.25, 0.3) is 5.91 Å². The summed E-state index contributed by atoms with van der Waals surface area (Å²) >= 11 is 0. The smallest absolute Gasteiger partial charge is 0.339 e. The number of nitrogens with zero attached hydrogens (tertiary/aromatic N) is 1. The first-order valence-corrected chi connectivity index (χ1v) is 11.2. The fourth-order valence-corrected chi connectivity index (χ4v) is 4.87. The Balaban J connectivity index is 1.58. The summed E-state index contributed by atoms with van der Waals surface area (Å²) in [6.45, 7) is 6.29. The summed E-state index contributed by atoms with van der Waals surface area (Å²) < 4.78 is 23.5. The SMILES string of the molecule is CC1(C)CCc2c(cc(OCC(=O)N3CCOCC3)c3c4c(c(=O)oc23)CCCC4)O1. The molecule has 5 rings (SSSR count). The summed E-state index contributed by atoms with van der Waals surface area (Å²) in [4.78, 5) is 27.2. The Hall–Kier alpha value is -2.54. The molecule has 3 aliphatic rings. The first kappa shape index (κ1) is 20.4. The van der Waals surface area contributed by atoms with E-state index in [-0.39, 0.29) is 23.7 Å². The second-order valence-electron chi connectivity index (χ2n) is 9.25. The number of hydrogen-bond acceptors (Lipinski definition) is 6. The van der Waals surface area contributed by atoms with Crippen LogP contribution in [0.3, 0.4) is 0 Å². The highest BCUT2D eigenvalue weighted by atomic mass is 16.5. The molecule has 2 aliphatic heterocycles. The van der Waals surface area contributed by atoms with Crippen molar-refractivity contribution < 1.29 is 23.4 Å². The molecule has 1 aromatic carbocycles. The van der Waals surface area contributed by atoms with Gasteiger partial charge in [0.15, 0.2) is 6.61 Å². The first-order valence-electron chi connectivity index (χ1n) is 11.2. The van der Waals surface area contributed by atoms with Gasteiger partial charge in [-0.05, 0) is 57.9 Å². The minimum atomic E-state index is -0.309. The van der Waals surface area contributed by atoms with E-state index in [2.05, 4.69) is 0 Å². The maximum atomic E-state index is 12.8. The molecule has 3 heterocycles. The van der Waals surface area contributed by atoms with E-state index in [9.17, 15) is 9.59 Å². The third-order valence-electron chi connectivity index (χ3n) is 6.60. The van der Waals surface area contributed by atoms with Gasteiger partial charge in [0.1, 0.15) is 22.7 Å². The maximum Gasteiger partial charge on any atom is 0.339 e. The molecule has 7 heteroatoms. The van der Waals surface area contributed by atoms with Gasteiger partial charge in [-0.2, -0.15) is 0 Å². The van der Waals surface area contributed by atoms with Crippen LogP contribution in [0.25, 0.3) is 11.0 Å². The molecule has 0 radical (unpaired) electrons. The summed E-state index contributed by atoms with van der Waals surface area (Å²) in [7, 11) is 0. The standard InChI is InChI=1S/C24H29NO6/c1-24(2)8-7-17-18(31-24)13-19(29-14-20(26)25-9-11-28-12-10-25)21-15-5-3-4-6-16(15)23(27)30-22(17)21/h13H,3-12,14H2,1-2H3. The number of carbonyl (C=O) groups excluding carboxylic acids is 1. The van der Waals surface area contributed by atoms with Crippen molar-refractivity contribution in [1.82, 2.24) is 4.90 Å². The molecule has 7 nitrogen and oxygen atoms in total. The average Bonchev–Trinajstić information content (AvgIpc) is 2.77. The zero-order valence-corrected chi connectivity index (χ0v) is 18.3. The molecular weight excluding hydrogens is 398 g/mol. The van der Waals surface area contributed by atoms with Crippen molar-refractivity contribution in [1.29, 1.82) is 0 Å². The molecular formula is C24H29NO6. The van der Waals surface area contributed by atoms with Crippen LogP contribution in [-0.4, -0.2) is 49.3 Å². The molecule has 1 fully saturated rings. The van der Waals surface area contributed by atoms with Crippen LogP contribution in [0.1, 0.15) is 49.8 Å². The van der Waals surface area contributed by atoms with Crippen LogP contribution in [-0.2, 0) is 28.8 Å². The van der Waals surface area contributed by atoms with Crippen molar-refractivity contribution in [2.75, 3.05) is 32.9 Å². The van der Waals surface area contributed by atoms with Gasteiger partial charge in [-0.3, -0.25) is 4.79 Å². The van der Waals surface area contributed by atoms with Crippen molar-refractivity contribution in [2.24, 2.45) is 0 Å². The fourth-order valence-electron chi connectivity index (χ4n) is 4.87. The first-order chi connectivity index (χ1) is 14.9. The molecule has 0 spiro atoms. The molecule has 0 bridgehead atoms. The zero-order valence-electron chi connectivity index (χ0n) is 18.3. The molecule has 31 heavy (non-hydrogen) atoms. The van der Waals surface area contributed by atoms with Gasteiger partial charge in [0, 0.05) is 30.3 Å². The van der Waals surface area contributed by atoms with E-state index >= 15 is 0 Å². The summed E-state index contributed by atoms with van der Waals surface area (Å²) in [6.07, 6.45) is 5.16. The Morgan fingerprint density at radius 1 is 1.10 bits per heavy atom. The van der Waals surface area contributed by atoms with Gasteiger partial charge in [0.2, 0.25) is 0 Å². The van der Waals surface area contributed by atoms with Crippen molar-refractivity contribution in [3.8, 4) is 11.5 Å². The second-order valence-corrected chi connectivity index (χ2v) is 9.25. The summed E-state index contributed by atoms with van der Waals surface area (Å²) in [6, 6.07) is 1.89. The highest BCUT2D eigenvalue weighted by Crippen LogP contribution is 2.44. The predicted octanol–water partition coefficient (Wildman–Crippen LogP) is 3.01. The molecule has 1 aliphatic carbocycles. The quantitative estimate of drug-likeness (QED) is 0.701. The van der Waals surface area contributed by atoms with Crippen LogP contribution in [0.15, 0.2) is 15.3 Å². The topological polar surface area (TPSA) is 78.2 Å². The predicted molar refractivity (Wildman–Crippen MR) is 115 cm³/mol. The van der Waals surface area contributed by atoms with E-state index < -0.39 is 0 Å². The van der Waals surface area contributed by atoms with Crippen molar-refractivity contribution in [3.05, 3.63) is 33.2 Å². The Morgan fingerprint density at radius 2 is 1.84 bits per heavy atom. The Kier molecular flexibility index (Phi) is 5.16. The summed E-state index contributed by atoms with van der Waals surface area (Å²) in [5.74, 6) is 1.17. The summed E-state index contributed by atoms with van der Waals surface area (Å²) in [5, 5.41) is 0.839. The van der Waals surface area contributed by atoms with Gasteiger partial charge in [-0.25, -0.2) is 4.79 Å². The minimum absolute atomic E-state index is 0.0643. The molecule has 0 unspecified atom stereocenters. The van der Waals surface area contributed by atoms with E-state index in [0.29, 0.717) is 43.4 Å². The maximum absolute atomic E-state index is 12.8. The number of benzene rings is 1. The average molecular weight is 427 g/mol. The van der Waals surface area contributed by atoms with Crippen LogP contribution >= 0.6 is 0 Å². The van der Waals surface area contributed by atoms with E-state index in [0.717, 1.165) is 60.6 Å². The molecule has 166 valence electrons. The van der Waals surface area contributed by atoms with Gasteiger partial charge >= 0.3 is 5.63 Å². The normalized spacial score (nSPS) is 20.0. The lowest BCUT2D eigenvalue weighted by molar-refractivity contribution is -0.137. The largest absolute Gasteiger partial charge is 0.487 e. The number of aryl methyl sites for hydroxylation is 2. The fraction of sp³-hybridized carbons (Fsp3) is 0.583. The van der Waals surface area contributed by atoms with E-state index in [1.54, 1.807) is 4.90 Å². The lowest BCUT2D eigenvalue weighted by Gasteiger charge is -2.33. The number of ether oxygens (including phenoxy) is 3. The van der Waals surface area contributed by atoms with Crippen LogP contribution < -0.4 is 15.1 Å². The third kappa shape index (κ3) is 3.80. The van der Waals surface area contributed by atoms with Gasteiger partial charge in [-0.1, -0.05) is 0 Å². The molecule has 0 atom stereocenters. The van der Waals surface area contributed by atoms with Crippen molar-refractivity contribution in [3.63, 3.8) is 0 Å². The molecule has 0 saturated carbocycles. The number of hydrogen-bond donors (Lipinski definition) is 0. The number of rotatable bonds is 3. The molecule has 1 aromatic heterocycles. The number of fused-ring (bicyclic) bond motifs is 5. The van der Waals surface area contributed by atoms with Crippen LogP contribution in [0, 0.1) is 0 Å². The van der Waals surface area contributed by atoms with Crippen molar-refractivity contribution in [2.45, 2.75) is 58.0 Å². The molecule has 1 saturated heterocycles. The van der Waals surface area contributed by atoms with Crippen LogP contribution in [0.2, 0.25) is 0 Å². The monoisotopic (exact) mass is 427 g/mol. The van der Waals surface area contributed by atoms with Gasteiger partial charge in [0.05, 0.1) is 18.6 Å². The van der Waals surface area contributed by atoms with E-state index in [1.165, 1.54) is 0 Å². The number of amides is 1. The number of morpholine rings is 1. The van der Waals surface area contributed by atoms with E-state index in [1.807, 2.05) is 19.9 Å². The third-order valence-corrected chi connectivity index (χ3v) is 6.60. The summed E-state index contributed by atoms with van der Waals surface area (Å²) in [5.41, 5.74) is 2.68. The van der Waals surface area contributed by atoms with E-state index in [4.69, 9.17) is 18.6 Å². The zero-order chi connectivity index (χ0) is 21.6. The Bertz CT molecular complexity index is 1080. The Labute approximate surface area is 181 Å². The highest BCUT2D eigenvalue weighted by molar-refractivity contribution is 5.92. The lowest BCUT2D eigenvalue weighted by atomic mass is 9.87. The van der Waals surface area contributed by atoms with Crippen LogP contribution in [0.4, 0.5) is 0 Å². The molecule has 0 N–H and O–H groups in total. The Morgan fingerprint density at radius 3 is 2.61 bits per heavy atom. The minimum Gasteiger partial charge on any atom is -0.487 e. The lowest BCUT2D eigenvalue weighted by Crippen LogP contribution is -2.43.